The maximum Gasteiger partial charge on any atom is 0.248 e. The van der Waals surface area contributed by atoms with Crippen molar-refractivity contribution >= 4 is 17.5 Å². The standard InChI is InChI=1S/C21H19ClN2O3/c1-13-7-15(3-4-19(13)21(23)25)20-8-14(5-6-24-20)12-27-18-10-16(22)9-17(11-18)26-2/h3-11H,12H2,1-2H3,(H2,23,25). The third-order valence-electron chi connectivity index (χ3n) is 4.10. The average molecular weight is 383 g/mol. The molecular weight excluding hydrogens is 364 g/mol. The van der Waals surface area contributed by atoms with E-state index in [4.69, 9.17) is 26.8 Å². The topological polar surface area (TPSA) is 74.4 Å². The normalized spacial score (nSPS) is 10.5. The minimum Gasteiger partial charge on any atom is -0.497 e. The van der Waals surface area contributed by atoms with Gasteiger partial charge in [-0.15, -0.1) is 0 Å². The fraction of sp³-hybridized carbons (Fsp3) is 0.143. The van der Waals surface area contributed by atoms with Gasteiger partial charge in [-0.2, -0.15) is 0 Å². The Morgan fingerprint density at radius 3 is 2.59 bits per heavy atom. The van der Waals surface area contributed by atoms with E-state index in [1.165, 1.54) is 0 Å². The summed E-state index contributed by atoms with van der Waals surface area (Å²) >= 11 is 6.06. The quantitative estimate of drug-likeness (QED) is 0.685. The molecule has 0 saturated carbocycles. The number of hydrogen-bond donors (Lipinski definition) is 1. The van der Waals surface area contributed by atoms with Gasteiger partial charge in [-0.1, -0.05) is 17.7 Å². The Hall–Kier alpha value is -3.05. The molecule has 0 aliphatic carbocycles. The van der Waals surface area contributed by atoms with E-state index in [-0.39, 0.29) is 0 Å². The molecule has 3 rings (SSSR count). The van der Waals surface area contributed by atoms with Gasteiger partial charge >= 0.3 is 0 Å². The number of primary amides is 1. The lowest BCUT2D eigenvalue weighted by Crippen LogP contribution is -2.12. The number of halogens is 1. The molecule has 0 radical (unpaired) electrons. The van der Waals surface area contributed by atoms with Crippen LogP contribution < -0.4 is 15.2 Å². The molecule has 0 saturated heterocycles. The minimum absolute atomic E-state index is 0.359. The van der Waals surface area contributed by atoms with Gasteiger partial charge in [0.1, 0.15) is 18.1 Å². The number of rotatable bonds is 6. The lowest BCUT2D eigenvalue weighted by atomic mass is 10.0. The summed E-state index contributed by atoms with van der Waals surface area (Å²) < 4.78 is 11.0. The summed E-state index contributed by atoms with van der Waals surface area (Å²) in [5.74, 6) is 0.823. The number of aryl methyl sites for hydroxylation is 1. The molecule has 0 aliphatic rings. The molecule has 0 bridgehead atoms. The number of aromatic nitrogens is 1. The maximum absolute atomic E-state index is 11.4. The Kier molecular flexibility index (Phi) is 5.62. The second kappa shape index (κ2) is 8.10. The molecule has 5 nitrogen and oxygen atoms in total. The van der Waals surface area contributed by atoms with Crippen molar-refractivity contribution in [3.8, 4) is 22.8 Å². The number of ether oxygens (including phenoxy) is 2. The number of nitrogens with two attached hydrogens (primary N) is 1. The van der Waals surface area contributed by atoms with Crippen LogP contribution in [0.2, 0.25) is 5.02 Å². The highest BCUT2D eigenvalue weighted by molar-refractivity contribution is 6.30. The number of nitrogens with zero attached hydrogens (tertiary/aromatic N) is 1. The number of methoxy groups -OCH3 is 1. The first kappa shape index (κ1) is 18.7. The van der Waals surface area contributed by atoms with Crippen molar-refractivity contribution in [3.63, 3.8) is 0 Å². The fourth-order valence-electron chi connectivity index (χ4n) is 2.73. The molecule has 1 aromatic heterocycles. The van der Waals surface area contributed by atoms with Gasteiger partial charge in [0.15, 0.2) is 0 Å². The second-order valence-corrected chi connectivity index (χ2v) is 6.50. The molecule has 0 spiro atoms. The van der Waals surface area contributed by atoms with Crippen molar-refractivity contribution in [2.75, 3.05) is 7.11 Å². The zero-order chi connectivity index (χ0) is 19.4. The van der Waals surface area contributed by atoms with E-state index in [0.717, 1.165) is 22.4 Å². The molecular formula is C21H19ClN2O3. The number of benzene rings is 2. The van der Waals surface area contributed by atoms with Crippen LogP contribution in [0, 0.1) is 6.92 Å². The molecule has 138 valence electrons. The predicted octanol–water partition coefficient (Wildman–Crippen LogP) is 4.40. The summed E-state index contributed by atoms with van der Waals surface area (Å²) in [6.45, 7) is 2.21. The van der Waals surface area contributed by atoms with Gasteiger partial charge in [-0.05, 0) is 54.4 Å². The molecule has 0 atom stereocenters. The van der Waals surface area contributed by atoms with Crippen LogP contribution in [0.4, 0.5) is 0 Å². The highest BCUT2D eigenvalue weighted by atomic mass is 35.5. The van der Waals surface area contributed by atoms with Gasteiger partial charge < -0.3 is 15.2 Å². The summed E-state index contributed by atoms with van der Waals surface area (Å²) in [7, 11) is 1.58. The van der Waals surface area contributed by atoms with Crippen molar-refractivity contribution in [1.29, 1.82) is 0 Å². The molecule has 1 amide bonds. The average Bonchev–Trinajstić information content (AvgIpc) is 2.65. The van der Waals surface area contributed by atoms with E-state index in [9.17, 15) is 4.79 Å². The number of pyridine rings is 1. The van der Waals surface area contributed by atoms with Crippen molar-refractivity contribution in [2.24, 2.45) is 5.73 Å². The summed E-state index contributed by atoms with van der Waals surface area (Å²) in [6, 6.07) is 14.5. The Labute approximate surface area is 162 Å². The molecule has 0 fully saturated rings. The first-order chi connectivity index (χ1) is 13.0. The first-order valence-electron chi connectivity index (χ1n) is 8.29. The van der Waals surface area contributed by atoms with Gasteiger partial charge in [-0.25, -0.2) is 0 Å². The van der Waals surface area contributed by atoms with E-state index >= 15 is 0 Å². The predicted molar refractivity (Wildman–Crippen MR) is 105 cm³/mol. The molecule has 3 aromatic rings. The number of amides is 1. The van der Waals surface area contributed by atoms with E-state index in [1.54, 1.807) is 37.6 Å². The molecule has 0 aliphatic heterocycles. The Morgan fingerprint density at radius 2 is 1.89 bits per heavy atom. The number of carbonyl (C=O) groups excluding carboxylic acids is 1. The SMILES string of the molecule is COc1cc(Cl)cc(OCc2ccnc(-c3ccc(C(N)=O)c(C)c3)c2)c1. The van der Waals surface area contributed by atoms with Gasteiger partial charge in [0, 0.05) is 28.4 Å². The Morgan fingerprint density at radius 1 is 1.11 bits per heavy atom. The minimum atomic E-state index is -0.439. The first-order valence-corrected chi connectivity index (χ1v) is 8.67. The third-order valence-corrected chi connectivity index (χ3v) is 4.32. The van der Waals surface area contributed by atoms with Crippen LogP contribution in [-0.2, 0) is 6.61 Å². The summed E-state index contributed by atoms with van der Waals surface area (Å²) in [4.78, 5) is 15.8. The molecule has 6 heteroatoms. The second-order valence-electron chi connectivity index (χ2n) is 6.06. The van der Waals surface area contributed by atoms with Crippen LogP contribution >= 0.6 is 11.6 Å². The van der Waals surface area contributed by atoms with Crippen LogP contribution in [-0.4, -0.2) is 18.0 Å². The smallest absolute Gasteiger partial charge is 0.248 e. The maximum atomic E-state index is 11.4. The fourth-order valence-corrected chi connectivity index (χ4v) is 2.94. The summed E-state index contributed by atoms with van der Waals surface area (Å²) in [5, 5.41) is 0.546. The summed E-state index contributed by atoms with van der Waals surface area (Å²) in [6.07, 6.45) is 1.73. The Bertz CT molecular complexity index is 989. The van der Waals surface area contributed by atoms with Crippen LogP contribution in [0.15, 0.2) is 54.7 Å². The van der Waals surface area contributed by atoms with Crippen LogP contribution in [0.1, 0.15) is 21.5 Å². The van der Waals surface area contributed by atoms with Crippen molar-refractivity contribution in [2.45, 2.75) is 13.5 Å². The number of carbonyl (C=O) groups is 1. The highest BCUT2D eigenvalue weighted by Gasteiger charge is 2.08. The van der Waals surface area contributed by atoms with E-state index in [1.807, 2.05) is 31.2 Å². The molecule has 1 heterocycles. The van der Waals surface area contributed by atoms with Crippen LogP contribution in [0.5, 0.6) is 11.5 Å². The summed E-state index contributed by atoms with van der Waals surface area (Å²) in [5.41, 5.74) is 9.34. The van der Waals surface area contributed by atoms with E-state index in [2.05, 4.69) is 4.98 Å². The molecule has 2 aromatic carbocycles. The van der Waals surface area contributed by atoms with E-state index in [0.29, 0.717) is 28.7 Å². The zero-order valence-electron chi connectivity index (χ0n) is 15.0. The third kappa shape index (κ3) is 4.57. The monoisotopic (exact) mass is 382 g/mol. The van der Waals surface area contributed by atoms with Crippen LogP contribution in [0.25, 0.3) is 11.3 Å². The number of hydrogen-bond acceptors (Lipinski definition) is 4. The highest BCUT2D eigenvalue weighted by Crippen LogP contribution is 2.27. The largest absolute Gasteiger partial charge is 0.497 e. The molecule has 0 unspecified atom stereocenters. The lowest BCUT2D eigenvalue weighted by molar-refractivity contribution is 0.0999. The van der Waals surface area contributed by atoms with Gasteiger partial charge in [0.2, 0.25) is 5.91 Å². The van der Waals surface area contributed by atoms with Crippen molar-refractivity contribution < 1.29 is 14.3 Å². The lowest BCUT2D eigenvalue weighted by Gasteiger charge is -2.10. The Balaban J connectivity index is 1.79. The van der Waals surface area contributed by atoms with E-state index < -0.39 is 5.91 Å². The van der Waals surface area contributed by atoms with Crippen LogP contribution in [0.3, 0.4) is 0 Å². The van der Waals surface area contributed by atoms with Crippen molar-refractivity contribution in [3.05, 3.63) is 76.4 Å². The van der Waals surface area contributed by atoms with Crippen molar-refractivity contribution in [1.82, 2.24) is 4.98 Å². The van der Waals surface area contributed by atoms with Gasteiger partial charge in [-0.3, -0.25) is 9.78 Å². The molecule has 27 heavy (non-hydrogen) atoms. The van der Waals surface area contributed by atoms with Gasteiger partial charge in [0.05, 0.1) is 12.8 Å². The van der Waals surface area contributed by atoms with Gasteiger partial charge in [0.25, 0.3) is 0 Å². The molecule has 2 N–H and O–H groups in total. The zero-order valence-corrected chi connectivity index (χ0v) is 15.8.